The number of anilines is 1. The van der Waals surface area contributed by atoms with Crippen molar-refractivity contribution in [3.8, 4) is 0 Å². The summed E-state index contributed by atoms with van der Waals surface area (Å²) in [5, 5.41) is 0. The van der Waals surface area contributed by atoms with Crippen molar-refractivity contribution in [2.45, 2.75) is 45.8 Å². The van der Waals surface area contributed by atoms with Crippen LogP contribution in [0.15, 0.2) is 24.3 Å². The van der Waals surface area contributed by atoms with E-state index in [4.69, 9.17) is 0 Å². The van der Waals surface area contributed by atoms with Crippen LogP contribution >= 0.6 is 0 Å². The molecule has 3 amide bonds. The summed E-state index contributed by atoms with van der Waals surface area (Å²) >= 11 is 0. The second-order valence-electron chi connectivity index (χ2n) is 8.41. The lowest BCUT2D eigenvalue weighted by atomic mass is 9.92. The normalized spacial score (nSPS) is 20.7. The van der Waals surface area contributed by atoms with E-state index in [9.17, 15) is 27.6 Å². The number of benzene rings is 1. The van der Waals surface area contributed by atoms with Gasteiger partial charge in [0.2, 0.25) is 17.7 Å². The highest BCUT2D eigenvalue weighted by atomic mass is 19.4. The van der Waals surface area contributed by atoms with Gasteiger partial charge in [0.1, 0.15) is 6.04 Å². The van der Waals surface area contributed by atoms with Crippen LogP contribution in [0.25, 0.3) is 0 Å². The summed E-state index contributed by atoms with van der Waals surface area (Å²) in [5.41, 5.74) is -1.07. The lowest BCUT2D eigenvalue weighted by Gasteiger charge is -2.39. The number of halogens is 3. The fourth-order valence-corrected chi connectivity index (χ4v) is 4.04. The maximum absolute atomic E-state index is 13.1. The number of likely N-dealkylation sites (tertiary alicyclic amines) is 1. The monoisotopic (exact) mass is 425 g/mol. The van der Waals surface area contributed by atoms with E-state index in [1.54, 1.807) is 36.6 Å². The van der Waals surface area contributed by atoms with Crippen LogP contribution in [-0.4, -0.2) is 59.7 Å². The topological polar surface area (TPSA) is 60.9 Å². The van der Waals surface area contributed by atoms with Crippen molar-refractivity contribution in [2.24, 2.45) is 5.41 Å². The first kappa shape index (κ1) is 22.1. The molecule has 6 nitrogen and oxygen atoms in total. The minimum atomic E-state index is -4.41. The Morgan fingerprint density at radius 2 is 1.77 bits per heavy atom. The van der Waals surface area contributed by atoms with Crippen molar-refractivity contribution in [3.63, 3.8) is 0 Å². The van der Waals surface area contributed by atoms with Crippen LogP contribution in [0.4, 0.5) is 18.9 Å². The number of carbonyl (C=O) groups is 3. The second kappa shape index (κ2) is 7.92. The van der Waals surface area contributed by atoms with Crippen LogP contribution in [0, 0.1) is 5.41 Å². The van der Waals surface area contributed by atoms with Crippen LogP contribution in [0.2, 0.25) is 0 Å². The molecule has 1 aromatic rings. The van der Waals surface area contributed by atoms with Gasteiger partial charge in [-0.1, -0.05) is 26.8 Å². The average Bonchev–Trinajstić information content (AvgIpc) is 2.90. The molecule has 1 atom stereocenters. The fraction of sp³-hybridized carbons (Fsp3) is 0.571. The predicted octanol–water partition coefficient (Wildman–Crippen LogP) is 2.92. The molecule has 30 heavy (non-hydrogen) atoms. The van der Waals surface area contributed by atoms with E-state index in [1.165, 1.54) is 6.07 Å². The molecule has 0 bridgehead atoms. The summed E-state index contributed by atoms with van der Waals surface area (Å²) in [4.78, 5) is 42.5. The van der Waals surface area contributed by atoms with Crippen molar-refractivity contribution >= 4 is 23.4 Å². The number of rotatable bonds is 4. The zero-order chi connectivity index (χ0) is 22.3. The molecule has 0 radical (unpaired) electrons. The van der Waals surface area contributed by atoms with Crippen molar-refractivity contribution < 1.29 is 27.6 Å². The Bertz CT molecular complexity index is 845. The Morgan fingerprint density at radius 3 is 2.27 bits per heavy atom. The first-order valence-electron chi connectivity index (χ1n) is 10.0. The number of hydrogen-bond acceptors (Lipinski definition) is 4. The van der Waals surface area contributed by atoms with Gasteiger partial charge in [-0.25, -0.2) is 0 Å². The van der Waals surface area contributed by atoms with Gasteiger partial charge in [0.05, 0.1) is 11.0 Å². The third kappa shape index (κ3) is 4.15. The minimum Gasteiger partial charge on any atom is -0.368 e. The molecule has 2 aliphatic rings. The van der Waals surface area contributed by atoms with E-state index in [1.807, 2.05) is 0 Å². The summed E-state index contributed by atoms with van der Waals surface area (Å²) < 4.78 is 38.9. The van der Waals surface area contributed by atoms with Crippen molar-refractivity contribution in [1.82, 2.24) is 9.80 Å². The predicted molar refractivity (Wildman–Crippen MR) is 105 cm³/mol. The Kier molecular flexibility index (Phi) is 5.84. The van der Waals surface area contributed by atoms with E-state index < -0.39 is 23.2 Å². The number of nitrogens with zero attached hydrogens (tertiary/aromatic N) is 3. The van der Waals surface area contributed by atoms with Gasteiger partial charge in [-0.05, 0) is 24.6 Å². The molecule has 2 aliphatic heterocycles. The Morgan fingerprint density at radius 1 is 1.13 bits per heavy atom. The Labute approximate surface area is 173 Å². The molecule has 2 fully saturated rings. The standard InChI is InChI=1S/C21H26F3N3O3/c1-4-16(27-17(28)13-20(2,3)19(27)30)18(29)26-10-8-25(9-11-26)15-7-5-6-14(12-15)21(22,23)24/h5-7,12,16H,4,8-11,13H2,1-3H3. The van der Waals surface area contributed by atoms with Gasteiger partial charge >= 0.3 is 6.18 Å². The molecule has 2 heterocycles. The number of hydrogen-bond donors (Lipinski definition) is 0. The molecule has 0 aromatic heterocycles. The van der Waals surface area contributed by atoms with E-state index in [0.717, 1.165) is 17.0 Å². The first-order chi connectivity index (χ1) is 14.0. The number of alkyl halides is 3. The second-order valence-corrected chi connectivity index (χ2v) is 8.41. The maximum atomic E-state index is 13.1. The summed E-state index contributed by atoms with van der Waals surface area (Å²) in [7, 11) is 0. The lowest BCUT2D eigenvalue weighted by molar-refractivity contribution is -0.152. The summed E-state index contributed by atoms with van der Waals surface area (Å²) in [6.07, 6.45) is -4.01. The number of carbonyl (C=O) groups excluding carboxylic acids is 3. The van der Waals surface area contributed by atoms with Crippen molar-refractivity contribution in [3.05, 3.63) is 29.8 Å². The van der Waals surface area contributed by atoms with Crippen molar-refractivity contribution in [1.29, 1.82) is 0 Å². The van der Waals surface area contributed by atoms with E-state index in [0.29, 0.717) is 38.3 Å². The van der Waals surface area contributed by atoms with E-state index >= 15 is 0 Å². The Balaban J connectivity index is 1.68. The Hall–Kier alpha value is -2.58. The highest BCUT2D eigenvalue weighted by molar-refractivity contribution is 6.08. The van der Waals surface area contributed by atoms with Gasteiger partial charge in [0.25, 0.3) is 0 Å². The molecule has 1 unspecified atom stereocenters. The number of amides is 3. The van der Waals surface area contributed by atoms with Gasteiger partial charge in [0, 0.05) is 38.3 Å². The quantitative estimate of drug-likeness (QED) is 0.696. The van der Waals surface area contributed by atoms with Gasteiger partial charge in [-0.15, -0.1) is 0 Å². The fourth-order valence-electron chi connectivity index (χ4n) is 4.04. The van der Waals surface area contributed by atoms with Gasteiger partial charge in [-0.3, -0.25) is 19.3 Å². The molecular formula is C21H26F3N3O3. The summed E-state index contributed by atoms with van der Waals surface area (Å²) in [6.45, 7) is 6.51. The average molecular weight is 425 g/mol. The number of imide groups is 1. The molecule has 1 aromatic carbocycles. The maximum Gasteiger partial charge on any atom is 0.416 e. The van der Waals surface area contributed by atoms with Crippen LogP contribution in [-0.2, 0) is 20.6 Å². The van der Waals surface area contributed by atoms with Crippen LogP contribution in [0.1, 0.15) is 39.2 Å². The summed E-state index contributed by atoms with van der Waals surface area (Å²) in [5.74, 6) is -0.969. The SMILES string of the molecule is CCC(C(=O)N1CCN(c2cccc(C(F)(F)F)c2)CC1)N1C(=O)CC(C)(C)C1=O. The number of piperazine rings is 1. The molecule has 0 aliphatic carbocycles. The van der Waals surface area contributed by atoms with Crippen LogP contribution < -0.4 is 4.90 Å². The molecule has 0 spiro atoms. The van der Waals surface area contributed by atoms with E-state index in [2.05, 4.69) is 0 Å². The summed E-state index contributed by atoms with van der Waals surface area (Å²) in [6, 6.07) is 4.28. The van der Waals surface area contributed by atoms with Crippen LogP contribution in [0.5, 0.6) is 0 Å². The minimum absolute atomic E-state index is 0.0823. The molecule has 0 saturated carbocycles. The highest BCUT2D eigenvalue weighted by Crippen LogP contribution is 2.34. The van der Waals surface area contributed by atoms with Crippen molar-refractivity contribution in [2.75, 3.05) is 31.1 Å². The smallest absolute Gasteiger partial charge is 0.368 e. The lowest BCUT2D eigenvalue weighted by Crippen LogP contribution is -2.56. The first-order valence-corrected chi connectivity index (χ1v) is 10.0. The van der Waals surface area contributed by atoms with Crippen LogP contribution in [0.3, 0.4) is 0 Å². The third-order valence-electron chi connectivity index (χ3n) is 5.77. The third-order valence-corrected chi connectivity index (χ3v) is 5.77. The highest BCUT2D eigenvalue weighted by Gasteiger charge is 2.49. The molecule has 3 rings (SSSR count). The molecular weight excluding hydrogens is 399 g/mol. The molecule has 164 valence electrons. The van der Waals surface area contributed by atoms with Gasteiger partial charge in [-0.2, -0.15) is 13.2 Å². The zero-order valence-corrected chi connectivity index (χ0v) is 17.3. The largest absolute Gasteiger partial charge is 0.416 e. The van der Waals surface area contributed by atoms with Gasteiger partial charge < -0.3 is 9.80 Å². The zero-order valence-electron chi connectivity index (χ0n) is 17.3. The van der Waals surface area contributed by atoms with Gasteiger partial charge in [0.15, 0.2) is 0 Å². The molecule has 2 saturated heterocycles. The molecule has 0 N–H and O–H groups in total. The van der Waals surface area contributed by atoms with E-state index in [-0.39, 0.29) is 24.1 Å². The molecule has 9 heteroatoms.